The summed E-state index contributed by atoms with van der Waals surface area (Å²) >= 11 is 22.9. The molecule has 0 aliphatic heterocycles. The first-order valence-corrected chi connectivity index (χ1v) is 27.7. The number of rotatable bonds is 10. The highest BCUT2D eigenvalue weighted by atomic mass is 35.5. The first-order chi connectivity index (χ1) is 42.3. The monoisotopic (exact) mass is 1280 g/mol. The second-order valence-electron chi connectivity index (χ2n) is 18.4. The fourth-order valence-electron chi connectivity index (χ4n) is 8.84. The van der Waals surface area contributed by atoms with E-state index in [2.05, 4.69) is 61.6 Å². The zero-order valence-electron chi connectivity index (χ0n) is 46.5. The second-order valence-corrected chi connectivity index (χ2v) is 20.0. The van der Waals surface area contributed by atoms with Crippen LogP contribution in [0.5, 0.6) is 0 Å². The van der Waals surface area contributed by atoms with Crippen molar-refractivity contribution in [3.8, 4) is 45.0 Å². The van der Waals surface area contributed by atoms with E-state index in [0.717, 1.165) is 35.4 Å². The van der Waals surface area contributed by atoms with Crippen LogP contribution in [0.2, 0.25) is 20.1 Å². The molecule has 20 nitrogen and oxygen atoms in total. The Hall–Kier alpha value is -9.95. The average Bonchev–Trinajstić information content (AvgIpc) is 1.87. The van der Waals surface area contributed by atoms with E-state index >= 15 is 0 Å². The molecule has 29 heteroatoms. The van der Waals surface area contributed by atoms with Crippen LogP contribution in [0.4, 0.5) is 22.0 Å². The molecule has 0 aliphatic carbocycles. The van der Waals surface area contributed by atoms with Gasteiger partial charge in [-0.3, -0.25) is 19.2 Å². The van der Waals surface area contributed by atoms with Gasteiger partial charge in [0.05, 0.1) is 15.1 Å². The van der Waals surface area contributed by atoms with E-state index in [1.54, 1.807) is 78.4 Å². The smallest absolute Gasteiger partial charge is 0.272 e. The molecule has 0 unspecified atom stereocenters. The summed E-state index contributed by atoms with van der Waals surface area (Å²) in [6.45, 7) is 6.48. The predicted molar refractivity (Wildman–Crippen MR) is 321 cm³/mol. The van der Waals surface area contributed by atoms with Gasteiger partial charge in [0.15, 0.2) is 45.4 Å². The number of halogens is 9. The summed E-state index contributed by atoms with van der Waals surface area (Å²) < 4.78 is 75.5. The lowest BCUT2D eigenvalue weighted by molar-refractivity contribution is 0.0944. The fraction of sp³-hybridized carbons (Fsp3) is 0.119. The highest BCUT2D eigenvalue weighted by Crippen LogP contribution is 2.34. The van der Waals surface area contributed by atoms with E-state index < -0.39 is 40.9 Å². The molecular weight excluding hydrogens is 1230 g/mol. The summed E-state index contributed by atoms with van der Waals surface area (Å²) in [5.74, 6) is -5.31. The number of imidazole rings is 4. The first-order valence-electron chi connectivity index (χ1n) is 26.2. The van der Waals surface area contributed by atoms with E-state index in [4.69, 9.17) is 46.4 Å². The van der Waals surface area contributed by atoms with Crippen molar-refractivity contribution in [1.82, 2.24) is 79.7 Å². The minimum absolute atomic E-state index is 0.0158. The molecule has 4 aromatic carbocycles. The molecule has 0 aliphatic rings. The number of aromatic nitrogens is 12. The van der Waals surface area contributed by atoms with Crippen molar-refractivity contribution >= 4 is 92.6 Å². The molecule has 0 radical (unpaired) electrons. The number of hydrogen-bond acceptors (Lipinski definition) is 12. The van der Waals surface area contributed by atoms with E-state index in [0.29, 0.717) is 63.3 Å². The summed E-state index contributed by atoms with van der Waals surface area (Å²) in [5.41, 5.74) is 5.53. The molecule has 4 N–H and O–H groups in total. The minimum Gasteiger partial charge on any atom is -0.354 e. The number of carbonyl (C=O) groups excluding carboxylic acids is 4. The second kappa shape index (κ2) is 27.2. The molecule has 0 saturated carbocycles. The quantitative estimate of drug-likeness (QED) is 0.0739. The van der Waals surface area contributed by atoms with Gasteiger partial charge >= 0.3 is 0 Å². The number of hydrogen-bond donors (Lipinski definition) is 4. The summed E-state index contributed by atoms with van der Waals surface area (Å²) in [6.07, 6.45) is 6.16. The van der Waals surface area contributed by atoms with Gasteiger partial charge in [-0.25, -0.2) is 59.9 Å². The van der Waals surface area contributed by atoms with E-state index in [-0.39, 0.29) is 66.5 Å². The van der Waals surface area contributed by atoms with Crippen LogP contribution in [0, 0.1) is 36.0 Å². The standard InChI is InChI=1S/C16H15ClN4O.C15H11ClF2N4O.C14H9ClF2N4O.C14H10ClFN4O/c1-3-18-16(22)14-15(12-7-6-11(17)9-10(12)2)21-13(20-14)5-4-8-19-21;1-2-19-15(23)13-14(22-12(21-13)4-3-5-20-22)8-6-11(18)9(16)7-10(8)17;1-18-14(22)12-13(21-11(20-12)3-2-4-19-21)7-5-10(17)8(15)6-9(7)16;1-17-14(21)12-13(8-4-5-9(15)10(16)7-8)20-11(19-12)3-2-6-18-20/h4-9H,3H2,1-2H3,(H,18,22);3-7H,2H2,1H3,(H,19,23);2-6H,1H3,(H,18,22);2-7H,1H3,(H,17,21). The van der Waals surface area contributed by atoms with Crippen LogP contribution >= 0.6 is 46.4 Å². The molecule has 12 aromatic rings. The Bertz CT molecular complexity index is 4670. The number of aryl methyl sites for hydroxylation is 1. The molecule has 0 saturated heterocycles. The van der Waals surface area contributed by atoms with E-state index in [1.807, 2.05) is 32.0 Å². The first kappa shape index (κ1) is 62.6. The molecule has 0 atom stereocenters. The van der Waals surface area contributed by atoms with Crippen molar-refractivity contribution in [2.45, 2.75) is 20.8 Å². The Kier molecular flexibility index (Phi) is 19.3. The molecular formula is C59H45Cl4F5N16O4. The van der Waals surface area contributed by atoms with E-state index in [9.17, 15) is 41.1 Å². The highest BCUT2D eigenvalue weighted by Gasteiger charge is 2.27. The summed E-state index contributed by atoms with van der Waals surface area (Å²) in [5, 5.41) is 26.9. The predicted octanol–water partition coefficient (Wildman–Crippen LogP) is 11.4. The lowest BCUT2D eigenvalue weighted by atomic mass is 10.0. The van der Waals surface area contributed by atoms with Crippen molar-refractivity contribution in [2.24, 2.45) is 0 Å². The zero-order valence-corrected chi connectivity index (χ0v) is 49.5. The van der Waals surface area contributed by atoms with Gasteiger partial charge < -0.3 is 21.3 Å². The van der Waals surface area contributed by atoms with Gasteiger partial charge in [0, 0.05) is 79.2 Å². The fourth-order valence-corrected chi connectivity index (χ4v) is 9.49. The molecule has 4 amide bonds. The molecule has 0 bridgehead atoms. The SMILES string of the molecule is CCNC(=O)c1nc2cccnn2c1-c1cc(F)c(Cl)cc1F.CCNC(=O)c1nc2cccnn2c1-c1ccc(Cl)cc1C.CNC(=O)c1nc2cccnn2c1-c1cc(F)c(Cl)cc1F.CNC(=O)c1nc2cccnn2c1-c1ccc(Cl)c(F)c1. The third kappa shape index (κ3) is 12.9. The van der Waals surface area contributed by atoms with Crippen LogP contribution in [0.25, 0.3) is 67.6 Å². The molecule has 12 rings (SSSR count). The zero-order chi connectivity index (χ0) is 63.1. The molecule has 88 heavy (non-hydrogen) atoms. The van der Waals surface area contributed by atoms with Crippen LogP contribution in [0.15, 0.2) is 134 Å². The third-order valence-corrected chi connectivity index (χ3v) is 13.8. The summed E-state index contributed by atoms with van der Waals surface area (Å²) in [6, 6.07) is 26.9. The highest BCUT2D eigenvalue weighted by molar-refractivity contribution is 6.31. The largest absolute Gasteiger partial charge is 0.354 e. The minimum atomic E-state index is -0.799. The Morgan fingerprint density at radius 3 is 1.16 bits per heavy atom. The molecule has 448 valence electrons. The van der Waals surface area contributed by atoms with Gasteiger partial charge in [-0.2, -0.15) is 20.4 Å². The van der Waals surface area contributed by atoms with Crippen molar-refractivity contribution < 1.29 is 41.1 Å². The van der Waals surface area contributed by atoms with Crippen LogP contribution in [0.1, 0.15) is 61.4 Å². The van der Waals surface area contributed by atoms with Crippen molar-refractivity contribution in [3.63, 3.8) is 0 Å². The van der Waals surface area contributed by atoms with E-state index in [1.165, 1.54) is 52.2 Å². The number of benzene rings is 4. The molecule has 8 heterocycles. The van der Waals surface area contributed by atoms with Gasteiger partial charge in [-0.15, -0.1) is 0 Å². The van der Waals surface area contributed by atoms with Crippen LogP contribution in [-0.4, -0.2) is 109 Å². The van der Waals surface area contributed by atoms with Gasteiger partial charge in [0.2, 0.25) is 0 Å². The molecule has 8 aromatic heterocycles. The number of carbonyl (C=O) groups is 4. The average molecular weight is 1280 g/mol. The van der Waals surface area contributed by atoms with Gasteiger partial charge in [-0.05, 0) is 123 Å². The number of amides is 4. The lowest BCUT2D eigenvalue weighted by Crippen LogP contribution is -2.23. The molecule has 0 spiro atoms. The maximum absolute atomic E-state index is 14.3. The number of nitrogens with one attached hydrogen (secondary N) is 4. The Balaban J connectivity index is 0.000000140. The van der Waals surface area contributed by atoms with Crippen LogP contribution < -0.4 is 21.3 Å². The Morgan fingerprint density at radius 1 is 0.420 bits per heavy atom. The van der Waals surface area contributed by atoms with Crippen LogP contribution in [-0.2, 0) is 0 Å². The lowest BCUT2D eigenvalue weighted by Gasteiger charge is -2.08. The summed E-state index contributed by atoms with van der Waals surface area (Å²) in [4.78, 5) is 65.5. The topological polar surface area (TPSA) is 237 Å². The third-order valence-electron chi connectivity index (χ3n) is 12.7. The van der Waals surface area contributed by atoms with Crippen molar-refractivity contribution in [3.05, 3.63) is 211 Å². The van der Waals surface area contributed by atoms with Crippen molar-refractivity contribution in [1.29, 1.82) is 0 Å². The Morgan fingerprint density at radius 2 is 0.784 bits per heavy atom. The maximum Gasteiger partial charge on any atom is 0.272 e. The Labute approximate surface area is 515 Å². The summed E-state index contributed by atoms with van der Waals surface area (Å²) in [7, 11) is 2.92. The van der Waals surface area contributed by atoms with Gasteiger partial charge in [0.25, 0.3) is 23.6 Å². The molecule has 0 fully saturated rings. The van der Waals surface area contributed by atoms with Crippen molar-refractivity contribution in [2.75, 3.05) is 27.2 Å². The number of fused-ring (bicyclic) bond motifs is 4. The van der Waals surface area contributed by atoms with Gasteiger partial charge in [0.1, 0.15) is 51.9 Å². The van der Waals surface area contributed by atoms with Gasteiger partial charge in [-0.1, -0.05) is 58.5 Å². The van der Waals surface area contributed by atoms with Crippen LogP contribution in [0.3, 0.4) is 0 Å². The maximum atomic E-state index is 14.3. The number of nitrogens with zero attached hydrogens (tertiary/aromatic N) is 12. The normalized spacial score (nSPS) is 10.9.